The summed E-state index contributed by atoms with van der Waals surface area (Å²) in [5.74, 6) is 0. The molecule has 2 rings (SSSR count). The molecule has 0 radical (unpaired) electrons. The Morgan fingerprint density at radius 3 is 2.94 bits per heavy atom. The number of nitrogens with zero attached hydrogens (tertiary/aromatic N) is 4. The van der Waals surface area contributed by atoms with Gasteiger partial charge in [-0.05, 0) is 13.0 Å². The summed E-state index contributed by atoms with van der Waals surface area (Å²) in [6, 6.07) is 2.25. The van der Waals surface area contributed by atoms with Crippen LogP contribution in [0, 0.1) is 0 Å². The molecule has 2 aromatic heterocycles. The van der Waals surface area contributed by atoms with E-state index in [1.165, 1.54) is 0 Å². The van der Waals surface area contributed by atoms with Gasteiger partial charge in [0.2, 0.25) is 0 Å². The molecule has 0 saturated heterocycles. The largest absolute Gasteiger partial charge is 0.308 e. The molecule has 0 saturated carbocycles. The van der Waals surface area contributed by atoms with Gasteiger partial charge in [0.05, 0.1) is 11.4 Å². The molecule has 2 heterocycles. The van der Waals surface area contributed by atoms with E-state index in [0.29, 0.717) is 0 Å². The van der Waals surface area contributed by atoms with Gasteiger partial charge in [-0.3, -0.25) is 14.6 Å². The maximum absolute atomic E-state index is 4.33. The highest BCUT2D eigenvalue weighted by atomic mass is 15.2. The lowest BCUT2D eigenvalue weighted by Crippen LogP contribution is -2.22. The Hall–Kier alpha value is -1.75. The molecule has 1 N–H and O–H groups in total. The summed E-state index contributed by atoms with van der Waals surface area (Å²) in [4.78, 5) is 8.32. The molecule has 0 fully saturated rings. The second-order valence-corrected chi connectivity index (χ2v) is 4.04. The summed E-state index contributed by atoms with van der Waals surface area (Å²) >= 11 is 0. The van der Waals surface area contributed by atoms with Crippen molar-refractivity contribution in [3.8, 4) is 0 Å². The third-order valence-electron chi connectivity index (χ3n) is 2.63. The summed E-state index contributed by atoms with van der Waals surface area (Å²) in [7, 11) is 1.93. The van der Waals surface area contributed by atoms with E-state index in [1.54, 1.807) is 18.6 Å². The minimum Gasteiger partial charge on any atom is -0.308 e. The van der Waals surface area contributed by atoms with Gasteiger partial charge in [-0.25, -0.2) is 0 Å². The molecule has 0 aliphatic carbocycles. The monoisotopic (exact) mass is 231 g/mol. The Labute approximate surface area is 101 Å². The van der Waals surface area contributed by atoms with Crippen LogP contribution in [0.2, 0.25) is 0 Å². The minimum atomic E-state index is 0.215. The second-order valence-electron chi connectivity index (χ2n) is 4.04. The van der Waals surface area contributed by atoms with Crippen molar-refractivity contribution in [1.82, 2.24) is 25.1 Å². The summed E-state index contributed by atoms with van der Waals surface area (Å²) in [5.41, 5.74) is 2.07. The zero-order valence-corrected chi connectivity index (χ0v) is 10.2. The van der Waals surface area contributed by atoms with Crippen molar-refractivity contribution >= 4 is 0 Å². The number of hydrogen-bond donors (Lipinski definition) is 1. The van der Waals surface area contributed by atoms with Gasteiger partial charge in [0.25, 0.3) is 0 Å². The predicted molar refractivity (Wildman–Crippen MR) is 65.4 cm³/mol. The van der Waals surface area contributed by atoms with Crippen LogP contribution in [0.3, 0.4) is 0 Å². The Bertz CT molecular complexity index is 451. The Balaban J connectivity index is 1.79. The van der Waals surface area contributed by atoms with Crippen LogP contribution in [0.1, 0.15) is 24.4 Å². The molecule has 2 aromatic rings. The van der Waals surface area contributed by atoms with Gasteiger partial charge >= 0.3 is 0 Å². The summed E-state index contributed by atoms with van der Waals surface area (Å²) in [6.45, 7) is 2.97. The van der Waals surface area contributed by atoms with Gasteiger partial charge in [-0.1, -0.05) is 0 Å². The van der Waals surface area contributed by atoms with Crippen molar-refractivity contribution in [2.75, 3.05) is 6.54 Å². The average molecular weight is 231 g/mol. The lowest BCUT2D eigenvalue weighted by molar-refractivity contribution is 0.557. The van der Waals surface area contributed by atoms with Crippen LogP contribution < -0.4 is 5.32 Å². The molecule has 0 spiro atoms. The highest BCUT2D eigenvalue weighted by Gasteiger charge is 2.05. The lowest BCUT2D eigenvalue weighted by atomic mass is 10.2. The van der Waals surface area contributed by atoms with Crippen LogP contribution in [0.15, 0.2) is 30.9 Å². The van der Waals surface area contributed by atoms with E-state index < -0.39 is 0 Å². The topological polar surface area (TPSA) is 55.6 Å². The molecule has 0 aromatic carbocycles. The van der Waals surface area contributed by atoms with Crippen LogP contribution in [-0.2, 0) is 13.5 Å². The van der Waals surface area contributed by atoms with Gasteiger partial charge in [0.15, 0.2) is 0 Å². The average Bonchev–Trinajstić information content (AvgIpc) is 2.76. The third-order valence-corrected chi connectivity index (χ3v) is 2.63. The van der Waals surface area contributed by atoms with Crippen LogP contribution in [-0.4, -0.2) is 26.3 Å². The fourth-order valence-corrected chi connectivity index (χ4v) is 1.65. The van der Waals surface area contributed by atoms with E-state index in [1.807, 2.05) is 24.0 Å². The van der Waals surface area contributed by atoms with Crippen LogP contribution >= 0.6 is 0 Å². The third kappa shape index (κ3) is 3.35. The highest BCUT2D eigenvalue weighted by Crippen LogP contribution is 2.06. The van der Waals surface area contributed by atoms with Gasteiger partial charge in [-0.2, -0.15) is 5.10 Å². The minimum absolute atomic E-state index is 0.215. The van der Waals surface area contributed by atoms with E-state index in [-0.39, 0.29) is 6.04 Å². The van der Waals surface area contributed by atoms with Gasteiger partial charge in [0.1, 0.15) is 0 Å². The van der Waals surface area contributed by atoms with Gasteiger partial charge in [0, 0.05) is 50.8 Å². The Morgan fingerprint density at radius 1 is 1.41 bits per heavy atom. The van der Waals surface area contributed by atoms with Crippen LogP contribution in [0.5, 0.6) is 0 Å². The Morgan fingerprint density at radius 2 is 2.29 bits per heavy atom. The van der Waals surface area contributed by atoms with Crippen molar-refractivity contribution in [2.45, 2.75) is 19.4 Å². The number of aromatic nitrogens is 4. The SMILES string of the molecule is CC(NCCc1ccn(C)n1)c1cnccn1. The predicted octanol–water partition coefficient (Wildman–Crippen LogP) is 1.10. The van der Waals surface area contributed by atoms with E-state index in [9.17, 15) is 0 Å². The standard InChI is InChI=1S/C12H17N5/c1-10(12-9-13-6-7-15-12)14-5-3-11-4-8-17(2)16-11/h4,6-10,14H,3,5H2,1-2H3. The van der Waals surface area contributed by atoms with Gasteiger partial charge in [-0.15, -0.1) is 0 Å². The van der Waals surface area contributed by atoms with Crippen LogP contribution in [0.4, 0.5) is 0 Å². The van der Waals surface area contributed by atoms with Crippen molar-refractivity contribution in [1.29, 1.82) is 0 Å². The molecule has 5 heteroatoms. The molecule has 0 amide bonds. The molecule has 0 aliphatic heterocycles. The van der Waals surface area contributed by atoms with Crippen molar-refractivity contribution in [3.05, 3.63) is 42.2 Å². The normalized spacial score (nSPS) is 12.6. The lowest BCUT2D eigenvalue weighted by Gasteiger charge is -2.11. The maximum atomic E-state index is 4.33. The smallest absolute Gasteiger partial charge is 0.0753 e. The zero-order chi connectivity index (χ0) is 12.1. The first kappa shape index (κ1) is 11.7. The number of hydrogen-bond acceptors (Lipinski definition) is 4. The molecule has 5 nitrogen and oxygen atoms in total. The van der Waals surface area contributed by atoms with Crippen LogP contribution in [0.25, 0.3) is 0 Å². The molecule has 0 aliphatic rings. The zero-order valence-electron chi connectivity index (χ0n) is 10.2. The first-order valence-electron chi connectivity index (χ1n) is 5.73. The molecule has 1 atom stereocenters. The quantitative estimate of drug-likeness (QED) is 0.837. The Kier molecular flexibility index (Phi) is 3.82. The summed E-state index contributed by atoms with van der Waals surface area (Å²) in [5, 5.41) is 7.73. The number of rotatable bonds is 5. The maximum Gasteiger partial charge on any atom is 0.0753 e. The molecule has 17 heavy (non-hydrogen) atoms. The first-order valence-corrected chi connectivity index (χ1v) is 5.73. The fraction of sp³-hybridized carbons (Fsp3) is 0.417. The van der Waals surface area contributed by atoms with Crippen molar-refractivity contribution < 1.29 is 0 Å². The number of nitrogens with one attached hydrogen (secondary N) is 1. The van der Waals surface area contributed by atoms with E-state index >= 15 is 0 Å². The molecular weight excluding hydrogens is 214 g/mol. The summed E-state index contributed by atoms with van der Waals surface area (Å²) < 4.78 is 1.82. The molecular formula is C12H17N5. The fourth-order valence-electron chi connectivity index (χ4n) is 1.65. The van der Waals surface area contributed by atoms with Crippen molar-refractivity contribution in [3.63, 3.8) is 0 Å². The van der Waals surface area contributed by atoms with E-state index in [4.69, 9.17) is 0 Å². The van der Waals surface area contributed by atoms with Gasteiger partial charge < -0.3 is 5.32 Å². The van der Waals surface area contributed by atoms with E-state index in [0.717, 1.165) is 24.4 Å². The highest BCUT2D eigenvalue weighted by molar-refractivity contribution is 5.02. The van der Waals surface area contributed by atoms with Crippen molar-refractivity contribution in [2.24, 2.45) is 7.05 Å². The second kappa shape index (κ2) is 5.54. The molecule has 0 bridgehead atoms. The summed E-state index contributed by atoms with van der Waals surface area (Å²) in [6.07, 6.45) is 8.07. The molecule has 1 unspecified atom stereocenters. The molecule has 90 valence electrons. The number of aryl methyl sites for hydroxylation is 1. The first-order chi connectivity index (χ1) is 8.25. The van der Waals surface area contributed by atoms with E-state index in [2.05, 4.69) is 27.3 Å².